The van der Waals surface area contributed by atoms with E-state index in [2.05, 4.69) is 15.3 Å². The zero-order chi connectivity index (χ0) is 18.8. The number of hydrogen-bond donors (Lipinski definition) is 4. The number of hydrogen-bond acceptors (Lipinski definition) is 7. The first-order valence-corrected chi connectivity index (χ1v) is 8.18. The SMILES string of the molecule is CC(C)CC(Nc1cnccn1)C(=O)N1CCC[C@H]1C(=O)O.OBO. The van der Waals surface area contributed by atoms with Crippen LogP contribution in [-0.4, -0.2) is 68.2 Å². The van der Waals surface area contributed by atoms with Gasteiger partial charge in [0.25, 0.3) is 0 Å². The average molecular weight is 352 g/mol. The highest BCUT2D eigenvalue weighted by Crippen LogP contribution is 2.21. The van der Waals surface area contributed by atoms with Crippen LogP contribution in [0.3, 0.4) is 0 Å². The van der Waals surface area contributed by atoms with Crippen molar-refractivity contribution in [1.82, 2.24) is 14.9 Å². The molecule has 0 saturated carbocycles. The van der Waals surface area contributed by atoms with Crippen molar-refractivity contribution in [2.24, 2.45) is 5.92 Å². The minimum atomic E-state index is -0.936. The van der Waals surface area contributed by atoms with Gasteiger partial charge in [0.2, 0.25) is 5.91 Å². The summed E-state index contributed by atoms with van der Waals surface area (Å²) < 4.78 is 0. The van der Waals surface area contributed by atoms with Gasteiger partial charge in [-0.15, -0.1) is 0 Å². The third kappa shape index (κ3) is 6.67. The van der Waals surface area contributed by atoms with Crippen molar-refractivity contribution in [3.8, 4) is 0 Å². The molecule has 1 aromatic rings. The van der Waals surface area contributed by atoms with Crippen LogP contribution < -0.4 is 5.32 Å². The van der Waals surface area contributed by atoms with Crippen LogP contribution in [0.25, 0.3) is 0 Å². The van der Waals surface area contributed by atoms with Crippen molar-refractivity contribution < 1.29 is 24.7 Å². The number of aliphatic carboxylic acids is 1. The van der Waals surface area contributed by atoms with E-state index in [0.29, 0.717) is 31.1 Å². The highest BCUT2D eigenvalue weighted by atomic mass is 16.4. The molecule has 138 valence electrons. The Kier molecular flexibility index (Phi) is 8.86. The molecular weight excluding hydrogens is 327 g/mol. The van der Waals surface area contributed by atoms with Crippen LogP contribution in [0.4, 0.5) is 5.82 Å². The molecule has 1 aliphatic rings. The largest absolute Gasteiger partial charge is 0.480 e. The summed E-state index contributed by atoms with van der Waals surface area (Å²) in [5.41, 5.74) is 0. The molecule has 1 aliphatic heterocycles. The standard InChI is InChI=1S/C15H22N4O3.BH3O2/c1-10(2)8-11(18-13-9-16-5-6-17-13)14(20)19-7-3-4-12(19)15(21)22;2-1-3/h5-6,9-12H,3-4,7-8H2,1-2H3,(H,17,18)(H,21,22);1-3H/t11?,12-;/m0./s1. The third-order valence-corrected chi connectivity index (χ3v) is 3.71. The lowest BCUT2D eigenvalue weighted by molar-refractivity contribution is -0.148. The summed E-state index contributed by atoms with van der Waals surface area (Å²) in [5, 5.41) is 26.6. The zero-order valence-electron chi connectivity index (χ0n) is 14.5. The van der Waals surface area contributed by atoms with Gasteiger partial charge in [-0.2, -0.15) is 0 Å². The van der Waals surface area contributed by atoms with Crippen LogP contribution in [0, 0.1) is 5.92 Å². The van der Waals surface area contributed by atoms with E-state index in [9.17, 15) is 14.7 Å². The summed E-state index contributed by atoms with van der Waals surface area (Å²) >= 11 is 0. The Morgan fingerprint density at radius 2 is 2.08 bits per heavy atom. The molecule has 25 heavy (non-hydrogen) atoms. The molecule has 1 aromatic heterocycles. The van der Waals surface area contributed by atoms with Gasteiger partial charge in [-0.05, 0) is 25.2 Å². The number of carbonyl (C=O) groups is 2. The molecule has 0 aromatic carbocycles. The van der Waals surface area contributed by atoms with E-state index >= 15 is 0 Å². The monoisotopic (exact) mass is 352 g/mol. The number of carboxylic acids is 1. The van der Waals surface area contributed by atoms with Gasteiger partial charge in [0, 0.05) is 18.9 Å². The normalized spacial score (nSPS) is 17.5. The molecule has 0 spiro atoms. The number of nitrogens with zero attached hydrogens (tertiary/aromatic N) is 3. The minimum absolute atomic E-state index is 0.177. The lowest BCUT2D eigenvalue weighted by Gasteiger charge is -2.28. The van der Waals surface area contributed by atoms with E-state index in [-0.39, 0.29) is 5.91 Å². The first-order chi connectivity index (χ1) is 11.9. The van der Waals surface area contributed by atoms with Gasteiger partial charge in [-0.3, -0.25) is 9.78 Å². The van der Waals surface area contributed by atoms with Crippen molar-refractivity contribution in [2.45, 2.75) is 45.2 Å². The summed E-state index contributed by atoms with van der Waals surface area (Å²) in [6, 6.07) is -1.21. The molecule has 4 N–H and O–H groups in total. The maximum Gasteiger partial charge on any atom is 0.432 e. The smallest absolute Gasteiger partial charge is 0.432 e. The fourth-order valence-electron chi connectivity index (χ4n) is 2.73. The van der Waals surface area contributed by atoms with Gasteiger partial charge in [0.05, 0.1) is 6.20 Å². The summed E-state index contributed by atoms with van der Waals surface area (Å²) in [5.74, 6) is -0.297. The lowest BCUT2D eigenvalue weighted by atomic mass is 10.0. The number of anilines is 1. The molecule has 1 amide bonds. The van der Waals surface area contributed by atoms with Gasteiger partial charge < -0.3 is 25.4 Å². The highest BCUT2D eigenvalue weighted by Gasteiger charge is 2.37. The van der Waals surface area contributed by atoms with Crippen LogP contribution in [0.15, 0.2) is 18.6 Å². The van der Waals surface area contributed by atoms with Crippen molar-refractivity contribution in [1.29, 1.82) is 0 Å². The molecule has 0 bridgehead atoms. The van der Waals surface area contributed by atoms with Crippen molar-refractivity contribution >= 4 is 25.4 Å². The second kappa shape index (κ2) is 10.6. The molecule has 9 nitrogen and oxygen atoms in total. The van der Waals surface area contributed by atoms with E-state index in [1.54, 1.807) is 18.6 Å². The van der Waals surface area contributed by atoms with Gasteiger partial charge in [0.1, 0.15) is 17.9 Å². The Bertz CT molecular complexity index is 546. The summed E-state index contributed by atoms with van der Waals surface area (Å²) in [6.45, 7) is 4.54. The Labute approximate surface area is 147 Å². The average Bonchev–Trinajstić information content (AvgIpc) is 3.05. The first kappa shape index (κ1) is 20.8. The van der Waals surface area contributed by atoms with E-state index in [0.717, 1.165) is 6.42 Å². The molecular formula is C15H25BN4O5. The molecule has 0 aliphatic carbocycles. The van der Waals surface area contributed by atoms with Crippen LogP contribution >= 0.6 is 0 Å². The predicted molar refractivity (Wildman–Crippen MR) is 92.9 cm³/mol. The van der Waals surface area contributed by atoms with E-state index in [1.165, 1.54) is 4.90 Å². The summed E-state index contributed by atoms with van der Waals surface area (Å²) in [6.07, 6.45) is 6.51. The molecule has 2 rings (SSSR count). The molecule has 1 unspecified atom stereocenters. The van der Waals surface area contributed by atoms with E-state index in [4.69, 9.17) is 10.0 Å². The fraction of sp³-hybridized carbons (Fsp3) is 0.600. The van der Waals surface area contributed by atoms with E-state index in [1.807, 2.05) is 13.8 Å². The van der Waals surface area contributed by atoms with Crippen molar-refractivity contribution in [3.63, 3.8) is 0 Å². The fourth-order valence-corrected chi connectivity index (χ4v) is 2.73. The zero-order valence-corrected chi connectivity index (χ0v) is 14.5. The van der Waals surface area contributed by atoms with Gasteiger partial charge in [0.15, 0.2) is 0 Å². The number of carboxylic acid groups (broad SMARTS) is 1. The van der Waals surface area contributed by atoms with Crippen molar-refractivity contribution in [3.05, 3.63) is 18.6 Å². The van der Waals surface area contributed by atoms with Crippen LogP contribution in [0.2, 0.25) is 0 Å². The Hall–Kier alpha value is -2.20. The number of likely N-dealkylation sites (tertiary alicyclic amines) is 1. The highest BCUT2D eigenvalue weighted by molar-refractivity contribution is 6.13. The Morgan fingerprint density at radius 3 is 2.60 bits per heavy atom. The number of carbonyl (C=O) groups excluding carboxylic acids is 1. The Morgan fingerprint density at radius 1 is 1.40 bits per heavy atom. The van der Waals surface area contributed by atoms with E-state index < -0.39 is 25.7 Å². The molecule has 2 atom stereocenters. The second-order valence-corrected chi connectivity index (χ2v) is 6.09. The summed E-state index contributed by atoms with van der Waals surface area (Å²) in [4.78, 5) is 33.6. The second-order valence-electron chi connectivity index (χ2n) is 6.09. The number of amides is 1. The number of aromatic nitrogens is 2. The lowest BCUT2D eigenvalue weighted by Crippen LogP contribution is -2.48. The van der Waals surface area contributed by atoms with Crippen molar-refractivity contribution in [2.75, 3.05) is 11.9 Å². The number of rotatable bonds is 6. The molecule has 1 saturated heterocycles. The van der Waals surface area contributed by atoms with Crippen LogP contribution in [0.1, 0.15) is 33.1 Å². The van der Waals surface area contributed by atoms with Crippen LogP contribution in [0.5, 0.6) is 0 Å². The topological polar surface area (TPSA) is 136 Å². The van der Waals surface area contributed by atoms with Gasteiger partial charge in [-0.25, -0.2) is 9.78 Å². The van der Waals surface area contributed by atoms with Gasteiger partial charge in [-0.1, -0.05) is 13.8 Å². The maximum absolute atomic E-state index is 12.8. The predicted octanol–water partition coefficient (Wildman–Crippen LogP) is -0.384. The Balaban J connectivity index is 0.000000970. The van der Waals surface area contributed by atoms with Gasteiger partial charge >= 0.3 is 13.7 Å². The molecule has 2 heterocycles. The quantitative estimate of drug-likeness (QED) is 0.509. The molecule has 0 radical (unpaired) electrons. The third-order valence-electron chi connectivity index (χ3n) is 3.71. The maximum atomic E-state index is 12.8. The summed E-state index contributed by atoms with van der Waals surface area (Å²) in [7, 11) is -0.750. The first-order valence-electron chi connectivity index (χ1n) is 8.18. The molecule has 1 fully saturated rings. The minimum Gasteiger partial charge on any atom is -0.480 e. The molecule has 10 heteroatoms. The van der Waals surface area contributed by atoms with Crippen LogP contribution in [-0.2, 0) is 9.59 Å². The number of nitrogens with one attached hydrogen (secondary N) is 1.